The second-order valence-electron chi connectivity index (χ2n) is 7.62. The quantitative estimate of drug-likeness (QED) is 0.199. The summed E-state index contributed by atoms with van der Waals surface area (Å²) < 4.78 is 16.2. The van der Waals surface area contributed by atoms with Crippen LogP contribution in [0.3, 0.4) is 0 Å². The molecule has 1 aromatic heterocycles. The van der Waals surface area contributed by atoms with Gasteiger partial charge in [-0.15, -0.1) is 11.3 Å². The van der Waals surface area contributed by atoms with Crippen molar-refractivity contribution >= 4 is 45.1 Å². The van der Waals surface area contributed by atoms with Crippen molar-refractivity contribution in [2.75, 3.05) is 0 Å². The number of benzene rings is 3. The standard InChI is InChI=1S/C27H20O7S/c1-15(28)32-20-8-4-18(5-9-20)26(31)25-23-13-12-22(34-17(3)30)14-24(23)35-27(25)19-6-10-21(11-7-19)33-16(2)29/h4-14H,1-3H3. The Kier molecular flexibility index (Phi) is 6.75. The van der Waals surface area contributed by atoms with Crippen molar-refractivity contribution in [3.63, 3.8) is 0 Å². The second-order valence-corrected chi connectivity index (χ2v) is 8.68. The van der Waals surface area contributed by atoms with Crippen LogP contribution in [0.25, 0.3) is 20.5 Å². The molecule has 7 nitrogen and oxygen atoms in total. The SMILES string of the molecule is CC(=O)Oc1ccc(C(=O)c2c(-c3ccc(OC(C)=O)cc3)sc3cc(OC(C)=O)ccc23)cc1. The molecule has 0 fully saturated rings. The maximum Gasteiger partial charge on any atom is 0.308 e. The van der Waals surface area contributed by atoms with Crippen molar-refractivity contribution in [1.82, 2.24) is 0 Å². The summed E-state index contributed by atoms with van der Waals surface area (Å²) in [6.45, 7) is 3.95. The molecular formula is C27H20O7S. The lowest BCUT2D eigenvalue weighted by Crippen LogP contribution is -2.04. The second kappa shape index (κ2) is 9.90. The van der Waals surface area contributed by atoms with Gasteiger partial charge < -0.3 is 14.2 Å². The Bertz CT molecular complexity index is 1450. The summed E-state index contributed by atoms with van der Waals surface area (Å²) in [5, 5.41) is 0.707. The lowest BCUT2D eigenvalue weighted by atomic mass is 9.97. The molecule has 0 atom stereocenters. The molecule has 35 heavy (non-hydrogen) atoms. The van der Waals surface area contributed by atoms with E-state index in [0.29, 0.717) is 38.6 Å². The largest absolute Gasteiger partial charge is 0.427 e. The van der Waals surface area contributed by atoms with E-state index in [1.54, 1.807) is 66.7 Å². The molecule has 0 aliphatic carbocycles. The van der Waals surface area contributed by atoms with Crippen LogP contribution in [0.2, 0.25) is 0 Å². The van der Waals surface area contributed by atoms with Crippen molar-refractivity contribution in [2.24, 2.45) is 0 Å². The molecule has 0 saturated heterocycles. The van der Waals surface area contributed by atoms with E-state index in [0.717, 1.165) is 10.3 Å². The lowest BCUT2D eigenvalue weighted by Gasteiger charge is -2.07. The fourth-order valence-electron chi connectivity index (χ4n) is 3.56. The molecule has 8 heteroatoms. The zero-order valence-electron chi connectivity index (χ0n) is 19.1. The van der Waals surface area contributed by atoms with Gasteiger partial charge in [-0.1, -0.05) is 0 Å². The number of fused-ring (bicyclic) bond motifs is 1. The van der Waals surface area contributed by atoms with Gasteiger partial charge in [0.05, 0.1) is 0 Å². The van der Waals surface area contributed by atoms with Gasteiger partial charge in [-0.3, -0.25) is 19.2 Å². The summed E-state index contributed by atoms with van der Waals surface area (Å²) in [7, 11) is 0. The normalized spacial score (nSPS) is 10.6. The van der Waals surface area contributed by atoms with E-state index in [1.165, 1.54) is 32.1 Å². The van der Waals surface area contributed by atoms with Gasteiger partial charge in [-0.2, -0.15) is 0 Å². The molecule has 0 amide bonds. The van der Waals surface area contributed by atoms with Gasteiger partial charge in [0.15, 0.2) is 5.78 Å². The molecule has 3 aromatic carbocycles. The number of ether oxygens (including phenoxy) is 3. The Hall–Kier alpha value is -4.30. The van der Waals surface area contributed by atoms with Gasteiger partial charge in [0, 0.05) is 46.9 Å². The molecule has 4 aromatic rings. The number of thiophene rings is 1. The van der Waals surface area contributed by atoms with Crippen LogP contribution < -0.4 is 14.2 Å². The molecule has 0 aliphatic rings. The Morgan fingerprint density at radius 2 is 1.11 bits per heavy atom. The fourth-order valence-corrected chi connectivity index (χ4v) is 4.79. The number of hydrogen-bond acceptors (Lipinski definition) is 8. The van der Waals surface area contributed by atoms with Gasteiger partial charge >= 0.3 is 17.9 Å². The third-order valence-electron chi connectivity index (χ3n) is 4.91. The van der Waals surface area contributed by atoms with Gasteiger partial charge in [-0.05, 0) is 72.3 Å². The third-order valence-corrected chi connectivity index (χ3v) is 6.11. The summed E-state index contributed by atoms with van der Waals surface area (Å²) in [4.78, 5) is 48.2. The average Bonchev–Trinajstić information content (AvgIpc) is 3.17. The summed E-state index contributed by atoms with van der Waals surface area (Å²) in [5.74, 6) is -0.407. The molecule has 0 bridgehead atoms. The van der Waals surface area contributed by atoms with Crippen LogP contribution in [0.1, 0.15) is 36.7 Å². The first-order valence-electron chi connectivity index (χ1n) is 10.6. The molecule has 176 valence electrons. The molecular weight excluding hydrogens is 468 g/mol. The van der Waals surface area contributed by atoms with E-state index in [2.05, 4.69) is 0 Å². The van der Waals surface area contributed by atoms with E-state index >= 15 is 0 Å². The molecule has 0 aliphatic heterocycles. The lowest BCUT2D eigenvalue weighted by molar-refractivity contribution is -0.132. The van der Waals surface area contributed by atoms with Crippen LogP contribution in [-0.2, 0) is 14.4 Å². The van der Waals surface area contributed by atoms with E-state index in [-0.39, 0.29) is 5.78 Å². The Morgan fingerprint density at radius 3 is 1.66 bits per heavy atom. The first-order valence-corrected chi connectivity index (χ1v) is 11.4. The smallest absolute Gasteiger partial charge is 0.308 e. The summed E-state index contributed by atoms with van der Waals surface area (Å²) in [6.07, 6.45) is 0. The fraction of sp³-hybridized carbons (Fsp3) is 0.111. The first kappa shape index (κ1) is 23.8. The van der Waals surface area contributed by atoms with Gasteiger partial charge in [0.1, 0.15) is 17.2 Å². The molecule has 0 saturated carbocycles. The predicted molar refractivity (Wildman–Crippen MR) is 131 cm³/mol. The van der Waals surface area contributed by atoms with Crippen LogP contribution in [0, 0.1) is 0 Å². The van der Waals surface area contributed by atoms with E-state index in [1.807, 2.05) is 0 Å². The van der Waals surface area contributed by atoms with Crippen LogP contribution in [0.15, 0.2) is 66.7 Å². The number of esters is 3. The summed E-state index contributed by atoms with van der Waals surface area (Å²) in [6, 6.07) is 18.3. The molecule has 0 spiro atoms. The Balaban J connectivity index is 1.81. The number of carbonyl (C=O) groups excluding carboxylic acids is 4. The molecule has 0 unspecified atom stereocenters. The Labute approximate surface area is 204 Å². The van der Waals surface area contributed by atoms with Crippen LogP contribution >= 0.6 is 11.3 Å². The Morgan fingerprint density at radius 1 is 0.629 bits per heavy atom. The minimum absolute atomic E-state index is 0.218. The topological polar surface area (TPSA) is 96.0 Å². The molecule has 1 heterocycles. The zero-order chi connectivity index (χ0) is 25.1. The maximum atomic E-state index is 13.7. The highest BCUT2D eigenvalue weighted by Gasteiger charge is 2.22. The van der Waals surface area contributed by atoms with Gasteiger partial charge in [0.2, 0.25) is 0 Å². The van der Waals surface area contributed by atoms with E-state index in [9.17, 15) is 19.2 Å². The maximum absolute atomic E-state index is 13.7. The summed E-state index contributed by atoms with van der Waals surface area (Å²) in [5.41, 5.74) is 1.67. The predicted octanol–water partition coefficient (Wildman–Crippen LogP) is 5.58. The van der Waals surface area contributed by atoms with E-state index in [4.69, 9.17) is 14.2 Å². The monoisotopic (exact) mass is 488 g/mol. The first-order chi connectivity index (χ1) is 16.7. The average molecular weight is 489 g/mol. The minimum Gasteiger partial charge on any atom is -0.427 e. The number of hydrogen-bond donors (Lipinski definition) is 0. The van der Waals surface area contributed by atoms with Crippen molar-refractivity contribution in [2.45, 2.75) is 20.8 Å². The van der Waals surface area contributed by atoms with Crippen molar-refractivity contribution in [1.29, 1.82) is 0 Å². The van der Waals surface area contributed by atoms with Crippen LogP contribution in [0.5, 0.6) is 17.2 Å². The summed E-state index contributed by atoms with van der Waals surface area (Å²) >= 11 is 1.38. The van der Waals surface area contributed by atoms with Gasteiger partial charge in [-0.25, -0.2) is 0 Å². The van der Waals surface area contributed by atoms with E-state index < -0.39 is 17.9 Å². The number of rotatable bonds is 6. The highest BCUT2D eigenvalue weighted by molar-refractivity contribution is 7.22. The molecule has 4 rings (SSSR count). The molecule has 0 N–H and O–H groups in total. The van der Waals surface area contributed by atoms with Crippen LogP contribution in [-0.4, -0.2) is 23.7 Å². The molecule has 0 radical (unpaired) electrons. The highest BCUT2D eigenvalue weighted by atomic mass is 32.1. The number of ketones is 1. The highest BCUT2D eigenvalue weighted by Crippen LogP contribution is 2.41. The number of carbonyl (C=O) groups is 4. The van der Waals surface area contributed by atoms with Crippen molar-refractivity contribution < 1.29 is 33.4 Å². The zero-order valence-corrected chi connectivity index (χ0v) is 19.9. The van der Waals surface area contributed by atoms with Crippen molar-refractivity contribution in [3.8, 4) is 27.7 Å². The third kappa shape index (κ3) is 5.44. The minimum atomic E-state index is -0.448. The van der Waals surface area contributed by atoms with Crippen molar-refractivity contribution in [3.05, 3.63) is 77.9 Å². The van der Waals surface area contributed by atoms with Crippen LogP contribution in [0.4, 0.5) is 0 Å². The van der Waals surface area contributed by atoms with Gasteiger partial charge in [0.25, 0.3) is 0 Å².